The highest BCUT2D eigenvalue weighted by molar-refractivity contribution is 5.29. The molecule has 0 aromatic heterocycles. The van der Waals surface area contributed by atoms with Gasteiger partial charge in [-0.05, 0) is 38.6 Å². The molecule has 108 valence electrons. The Morgan fingerprint density at radius 1 is 0.905 bits per heavy atom. The molecule has 0 heterocycles. The second-order valence-corrected chi connectivity index (χ2v) is 5.51. The summed E-state index contributed by atoms with van der Waals surface area (Å²) in [5, 5.41) is 0. The van der Waals surface area contributed by atoms with Crippen LogP contribution in [-0.4, -0.2) is 25.0 Å². The van der Waals surface area contributed by atoms with Crippen LogP contribution in [0.25, 0.3) is 0 Å². The van der Waals surface area contributed by atoms with Crippen molar-refractivity contribution >= 4 is 0 Å². The first-order chi connectivity index (χ1) is 10.2. The van der Waals surface area contributed by atoms with Crippen molar-refractivity contribution in [3.05, 3.63) is 71.8 Å². The molecule has 2 rings (SSSR count). The molecule has 2 unspecified atom stereocenters. The molecule has 0 spiro atoms. The number of hydrogen-bond acceptors (Lipinski definition) is 1. The zero-order valence-corrected chi connectivity index (χ0v) is 13.1. The summed E-state index contributed by atoms with van der Waals surface area (Å²) in [4.78, 5) is 2.22. The monoisotopic (exact) mass is 277 g/mol. The van der Waals surface area contributed by atoms with Crippen LogP contribution >= 0.6 is 0 Å². The third kappa shape index (κ3) is 4.21. The predicted octanol–water partition coefficient (Wildman–Crippen LogP) is 3.97. The zero-order chi connectivity index (χ0) is 15.1. The van der Waals surface area contributed by atoms with E-state index < -0.39 is 0 Å². The summed E-state index contributed by atoms with van der Waals surface area (Å²) in [6.07, 6.45) is 1.00. The molecule has 0 bridgehead atoms. The fraction of sp³-hybridized carbons (Fsp3) is 0.300. The minimum absolute atomic E-state index is 0.220. The summed E-state index contributed by atoms with van der Waals surface area (Å²) >= 11 is 0. The van der Waals surface area contributed by atoms with E-state index >= 15 is 0 Å². The average molecular weight is 277 g/mol. The molecule has 0 saturated heterocycles. The lowest BCUT2D eigenvalue weighted by atomic mass is 9.85. The first-order valence-electron chi connectivity index (χ1n) is 7.40. The van der Waals surface area contributed by atoms with E-state index in [4.69, 9.17) is 0 Å². The first kappa shape index (κ1) is 15.4. The SMILES string of the molecule is CC#CC(C(Cc1ccccc1)c1ccccc1)N(C)C. The lowest BCUT2D eigenvalue weighted by molar-refractivity contribution is 0.308. The molecule has 0 radical (unpaired) electrons. The van der Waals surface area contributed by atoms with Gasteiger partial charge in [0.2, 0.25) is 0 Å². The third-order valence-electron chi connectivity index (χ3n) is 3.76. The van der Waals surface area contributed by atoms with Gasteiger partial charge >= 0.3 is 0 Å². The topological polar surface area (TPSA) is 3.24 Å². The van der Waals surface area contributed by atoms with Crippen LogP contribution in [0.3, 0.4) is 0 Å². The van der Waals surface area contributed by atoms with Gasteiger partial charge in [-0.25, -0.2) is 0 Å². The lowest BCUT2D eigenvalue weighted by Crippen LogP contribution is -2.34. The van der Waals surface area contributed by atoms with E-state index in [0.29, 0.717) is 5.92 Å². The number of benzene rings is 2. The average Bonchev–Trinajstić information content (AvgIpc) is 2.52. The van der Waals surface area contributed by atoms with E-state index in [-0.39, 0.29) is 6.04 Å². The largest absolute Gasteiger partial charge is 0.295 e. The third-order valence-corrected chi connectivity index (χ3v) is 3.76. The molecule has 0 saturated carbocycles. The van der Waals surface area contributed by atoms with E-state index in [9.17, 15) is 0 Å². The van der Waals surface area contributed by atoms with Crippen molar-refractivity contribution in [3.8, 4) is 11.8 Å². The quantitative estimate of drug-likeness (QED) is 0.748. The Morgan fingerprint density at radius 3 is 2.00 bits per heavy atom. The highest BCUT2D eigenvalue weighted by atomic mass is 15.1. The van der Waals surface area contributed by atoms with Gasteiger partial charge in [-0.1, -0.05) is 66.6 Å². The molecule has 1 heteroatoms. The van der Waals surface area contributed by atoms with Crippen molar-refractivity contribution in [1.29, 1.82) is 0 Å². The van der Waals surface area contributed by atoms with Gasteiger partial charge in [0.15, 0.2) is 0 Å². The minimum Gasteiger partial charge on any atom is -0.295 e. The van der Waals surface area contributed by atoms with E-state index in [1.807, 2.05) is 6.92 Å². The van der Waals surface area contributed by atoms with Crippen LogP contribution in [0, 0.1) is 11.8 Å². The molecular weight excluding hydrogens is 254 g/mol. The van der Waals surface area contributed by atoms with Gasteiger partial charge in [-0.2, -0.15) is 0 Å². The molecule has 0 aliphatic carbocycles. The van der Waals surface area contributed by atoms with Crippen LogP contribution in [0.4, 0.5) is 0 Å². The Morgan fingerprint density at radius 2 is 1.48 bits per heavy atom. The number of likely N-dealkylation sites (N-methyl/N-ethyl adjacent to an activating group) is 1. The first-order valence-corrected chi connectivity index (χ1v) is 7.40. The maximum atomic E-state index is 3.38. The van der Waals surface area contributed by atoms with E-state index in [2.05, 4.69) is 91.5 Å². The Hall–Kier alpha value is -2.04. The van der Waals surface area contributed by atoms with Crippen molar-refractivity contribution < 1.29 is 0 Å². The van der Waals surface area contributed by atoms with Crippen LogP contribution < -0.4 is 0 Å². The molecule has 2 aromatic carbocycles. The lowest BCUT2D eigenvalue weighted by Gasteiger charge is -2.29. The Labute approximate surface area is 128 Å². The molecule has 21 heavy (non-hydrogen) atoms. The van der Waals surface area contributed by atoms with E-state index in [1.165, 1.54) is 11.1 Å². The fourth-order valence-corrected chi connectivity index (χ4v) is 2.72. The van der Waals surface area contributed by atoms with Crippen molar-refractivity contribution in [2.45, 2.75) is 25.3 Å². The van der Waals surface area contributed by atoms with Crippen LogP contribution in [0.5, 0.6) is 0 Å². The van der Waals surface area contributed by atoms with E-state index in [1.54, 1.807) is 0 Å². The van der Waals surface area contributed by atoms with Crippen molar-refractivity contribution in [2.75, 3.05) is 14.1 Å². The second kappa shape index (κ2) is 7.67. The predicted molar refractivity (Wildman–Crippen MR) is 90.3 cm³/mol. The van der Waals surface area contributed by atoms with E-state index in [0.717, 1.165) is 6.42 Å². The standard InChI is InChI=1S/C20H23N/c1-4-11-20(21(2)3)19(18-14-9-6-10-15-18)16-17-12-7-5-8-13-17/h5-10,12-15,19-20H,16H2,1-3H3. The Balaban J connectivity index is 2.36. The summed E-state index contributed by atoms with van der Waals surface area (Å²) < 4.78 is 0. The van der Waals surface area contributed by atoms with Gasteiger partial charge in [0, 0.05) is 5.92 Å². The van der Waals surface area contributed by atoms with Gasteiger partial charge in [0.25, 0.3) is 0 Å². The smallest absolute Gasteiger partial charge is 0.0782 e. The normalized spacial score (nSPS) is 13.3. The van der Waals surface area contributed by atoms with Gasteiger partial charge in [-0.15, -0.1) is 5.92 Å². The molecule has 1 nitrogen and oxygen atoms in total. The van der Waals surface area contributed by atoms with Crippen LogP contribution in [0.2, 0.25) is 0 Å². The van der Waals surface area contributed by atoms with Crippen LogP contribution in [-0.2, 0) is 6.42 Å². The maximum absolute atomic E-state index is 3.38. The molecule has 2 atom stereocenters. The van der Waals surface area contributed by atoms with Crippen molar-refractivity contribution in [2.24, 2.45) is 0 Å². The molecule has 2 aromatic rings. The zero-order valence-electron chi connectivity index (χ0n) is 13.1. The van der Waals surface area contributed by atoms with Crippen LogP contribution in [0.1, 0.15) is 24.0 Å². The fourth-order valence-electron chi connectivity index (χ4n) is 2.72. The Bertz CT molecular complexity index is 590. The maximum Gasteiger partial charge on any atom is 0.0782 e. The summed E-state index contributed by atoms with van der Waals surface area (Å²) in [7, 11) is 4.21. The van der Waals surface area contributed by atoms with Gasteiger partial charge in [0.05, 0.1) is 6.04 Å². The van der Waals surface area contributed by atoms with Crippen LogP contribution in [0.15, 0.2) is 60.7 Å². The summed E-state index contributed by atoms with van der Waals surface area (Å²) in [5.41, 5.74) is 2.71. The second-order valence-electron chi connectivity index (χ2n) is 5.51. The molecule has 0 amide bonds. The number of hydrogen-bond donors (Lipinski definition) is 0. The number of nitrogens with zero attached hydrogens (tertiary/aromatic N) is 1. The van der Waals surface area contributed by atoms with Crippen molar-refractivity contribution in [1.82, 2.24) is 4.90 Å². The molecule has 0 aliphatic heterocycles. The molecule has 0 fully saturated rings. The number of rotatable bonds is 5. The van der Waals surface area contributed by atoms with Gasteiger partial charge in [-0.3, -0.25) is 4.90 Å². The molecule has 0 N–H and O–H groups in total. The van der Waals surface area contributed by atoms with Crippen molar-refractivity contribution in [3.63, 3.8) is 0 Å². The molecular formula is C20H23N. The molecule has 0 aliphatic rings. The summed E-state index contributed by atoms with van der Waals surface area (Å²) in [6, 6.07) is 21.6. The van der Waals surface area contributed by atoms with Gasteiger partial charge in [0.1, 0.15) is 0 Å². The summed E-state index contributed by atoms with van der Waals surface area (Å²) in [6.45, 7) is 1.92. The summed E-state index contributed by atoms with van der Waals surface area (Å²) in [5.74, 6) is 6.84. The highest BCUT2D eigenvalue weighted by Gasteiger charge is 2.23. The Kier molecular flexibility index (Phi) is 5.60. The minimum atomic E-state index is 0.220. The van der Waals surface area contributed by atoms with Gasteiger partial charge < -0.3 is 0 Å². The highest BCUT2D eigenvalue weighted by Crippen LogP contribution is 2.26.